The molecule has 0 saturated heterocycles. The highest BCUT2D eigenvalue weighted by molar-refractivity contribution is 5.75. The number of hydrogen-bond acceptors (Lipinski definition) is 3. The molecule has 1 amide bonds. The summed E-state index contributed by atoms with van der Waals surface area (Å²) in [6, 6.07) is 6.93. The number of amides is 1. The summed E-state index contributed by atoms with van der Waals surface area (Å²) >= 11 is 0. The zero-order chi connectivity index (χ0) is 11.3. The topological polar surface area (TPSA) is 66.6 Å². The van der Waals surface area contributed by atoms with Crippen LogP contribution in [0, 0.1) is 0 Å². The number of benzene rings is 1. The molecule has 0 atom stereocenters. The molecule has 0 saturated carbocycles. The van der Waals surface area contributed by atoms with E-state index in [1.807, 2.05) is 24.0 Å². The second-order valence-corrected chi connectivity index (χ2v) is 3.44. The maximum Gasteiger partial charge on any atom is 0.231 e. The number of carbonyl (C=O) groups excluding carboxylic acids is 1. The zero-order valence-corrected chi connectivity index (χ0v) is 8.81. The molecule has 1 rings (SSSR count). The predicted molar refractivity (Wildman–Crippen MR) is 58.3 cm³/mol. The van der Waals surface area contributed by atoms with Crippen molar-refractivity contribution >= 4 is 5.91 Å². The minimum Gasteiger partial charge on any atom is -0.508 e. The maximum absolute atomic E-state index is 10.8. The minimum absolute atomic E-state index is 0.247. The van der Waals surface area contributed by atoms with E-state index in [1.54, 1.807) is 12.1 Å². The average molecular weight is 208 g/mol. The molecule has 0 spiro atoms. The van der Waals surface area contributed by atoms with Gasteiger partial charge in [-0.3, -0.25) is 9.69 Å². The van der Waals surface area contributed by atoms with Crippen molar-refractivity contribution < 1.29 is 9.90 Å². The standard InChI is InChI=1S/C11H16N2O2/c1-2-13(8-11(12)15)7-9-3-5-10(14)6-4-9/h3-6,14H,2,7-8H2,1H3,(H2,12,15). The minimum atomic E-state index is -0.323. The lowest BCUT2D eigenvalue weighted by Gasteiger charge is -2.18. The summed E-state index contributed by atoms with van der Waals surface area (Å²) < 4.78 is 0. The van der Waals surface area contributed by atoms with Crippen molar-refractivity contribution in [2.45, 2.75) is 13.5 Å². The summed E-state index contributed by atoms with van der Waals surface area (Å²) in [5.74, 6) is -0.0765. The van der Waals surface area contributed by atoms with Gasteiger partial charge >= 0.3 is 0 Å². The molecule has 3 N–H and O–H groups in total. The predicted octanol–water partition coefficient (Wildman–Crippen LogP) is 0.699. The molecule has 0 fully saturated rings. The second kappa shape index (κ2) is 5.36. The van der Waals surface area contributed by atoms with Gasteiger partial charge in [-0.25, -0.2) is 0 Å². The van der Waals surface area contributed by atoms with Gasteiger partial charge in [0, 0.05) is 6.54 Å². The molecule has 0 radical (unpaired) electrons. The average Bonchev–Trinajstić information content (AvgIpc) is 2.19. The van der Waals surface area contributed by atoms with Gasteiger partial charge < -0.3 is 10.8 Å². The van der Waals surface area contributed by atoms with Gasteiger partial charge in [0.1, 0.15) is 5.75 Å². The van der Waals surface area contributed by atoms with Crippen LogP contribution >= 0.6 is 0 Å². The summed E-state index contributed by atoms with van der Waals surface area (Å²) in [5, 5.41) is 9.11. The third-order valence-electron chi connectivity index (χ3n) is 2.17. The van der Waals surface area contributed by atoms with Gasteiger partial charge in [-0.1, -0.05) is 19.1 Å². The molecule has 4 nitrogen and oxygen atoms in total. The third-order valence-corrected chi connectivity index (χ3v) is 2.17. The van der Waals surface area contributed by atoms with Crippen LogP contribution in [-0.2, 0) is 11.3 Å². The lowest BCUT2D eigenvalue weighted by Crippen LogP contribution is -2.33. The summed E-state index contributed by atoms with van der Waals surface area (Å²) in [5.41, 5.74) is 6.18. The lowest BCUT2D eigenvalue weighted by molar-refractivity contribution is -0.119. The highest BCUT2D eigenvalue weighted by atomic mass is 16.3. The molecule has 0 aliphatic carbocycles. The van der Waals surface area contributed by atoms with Crippen molar-refractivity contribution in [3.63, 3.8) is 0 Å². The van der Waals surface area contributed by atoms with Crippen molar-refractivity contribution in [3.8, 4) is 5.75 Å². The molecule has 82 valence electrons. The fourth-order valence-electron chi connectivity index (χ4n) is 1.36. The van der Waals surface area contributed by atoms with Crippen molar-refractivity contribution in [2.24, 2.45) is 5.73 Å². The SMILES string of the molecule is CCN(CC(N)=O)Cc1ccc(O)cc1. The van der Waals surface area contributed by atoms with Crippen LogP contribution in [0.25, 0.3) is 0 Å². The van der Waals surface area contributed by atoms with E-state index in [9.17, 15) is 4.79 Å². The van der Waals surface area contributed by atoms with Crippen LogP contribution in [0.5, 0.6) is 5.75 Å². The largest absolute Gasteiger partial charge is 0.508 e. The molecule has 0 aliphatic rings. The van der Waals surface area contributed by atoms with E-state index in [4.69, 9.17) is 10.8 Å². The molecular formula is C11H16N2O2. The summed E-state index contributed by atoms with van der Waals surface area (Å²) in [4.78, 5) is 12.7. The van der Waals surface area contributed by atoms with Crippen molar-refractivity contribution in [3.05, 3.63) is 29.8 Å². The zero-order valence-electron chi connectivity index (χ0n) is 8.81. The van der Waals surface area contributed by atoms with Gasteiger partial charge in [-0.15, -0.1) is 0 Å². The molecule has 0 unspecified atom stereocenters. The number of nitrogens with zero attached hydrogens (tertiary/aromatic N) is 1. The second-order valence-electron chi connectivity index (χ2n) is 3.44. The number of aromatic hydroxyl groups is 1. The number of nitrogens with two attached hydrogens (primary N) is 1. The summed E-state index contributed by atoms with van der Waals surface area (Å²) in [6.07, 6.45) is 0. The van der Waals surface area contributed by atoms with Crippen molar-refractivity contribution in [1.29, 1.82) is 0 Å². The molecule has 1 aromatic rings. The smallest absolute Gasteiger partial charge is 0.231 e. The van der Waals surface area contributed by atoms with Gasteiger partial charge in [0.15, 0.2) is 0 Å². The molecule has 1 aromatic carbocycles. The van der Waals surface area contributed by atoms with E-state index < -0.39 is 0 Å². The van der Waals surface area contributed by atoms with Gasteiger partial charge in [-0.05, 0) is 24.2 Å². The van der Waals surface area contributed by atoms with E-state index in [-0.39, 0.29) is 18.2 Å². The third kappa shape index (κ3) is 3.99. The van der Waals surface area contributed by atoms with Gasteiger partial charge in [0.2, 0.25) is 5.91 Å². The maximum atomic E-state index is 10.8. The van der Waals surface area contributed by atoms with E-state index in [2.05, 4.69) is 0 Å². The fourth-order valence-corrected chi connectivity index (χ4v) is 1.36. The summed E-state index contributed by atoms with van der Waals surface area (Å²) in [7, 11) is 0. The Bertz CT molecular complexity index is 322. The number of likely N-dealkylation sites (N-methyl/N-ethyl adjacent to an activating group) is 1. The first-order valence-electron chi connectivity index (χ1n) is 4.90. The highest BCUT2D eigenvalue weighted by Gasteiger charge is 2.06. The van der Waals surface area contributed by atoms with Crippen molar-refractivity contribution in [1.82, 2.24) is 4.90 Å². The number of phenols is 1. The van der Waals surface area contributed by atoms with E-state index in [0.29, 0.717) is 6.54 Å². The Morgan fingerprint density at radius 3 is 2.47 bits per heavy atom. The van der Waals surface area contributed by atoms with Crippen LogP contribution in [0.1, 0.15) is 12.5 Å². The number of hydrogen-bond donors (Lipinski definition) is 2. The first-order chi connectivity index (χ1) is 7.11. The molecular weight excluding hydrogens is 192 g/mol. The Kier molecular flexibility index (Phi) is 4.12. The highest BCUT2D eigenvalue weighted by Crippen LogP contribution is 2.11. The van der Waals surface area contributed by atoms with Crippen LogP contribution in [-0.4, -0.2) is 29.0 Å². The van der Waals surface area contributed by atoms with Crippen LogP contribution in [0.3, 0.4) is 0 Å². The van der Waals surface area contributed by atoms with E-state index in [1.165, 1.54) is 0 Å². The van der Waals surface area contributed by atoms with Crippen LogP contribution in [0.15, 0.2) is 24.3 Å². The molecule has 15 heavy (non-hydrogen) atoms. The molecule has 0 bridgehead atoms. The van der Waals surface area contributed by atoms with Crippen LogP contribution in [0.2, 0.25) is 0 Å². The quantitative estimate of drug-likeness (QED) is 0.748. The molecule has 0 aromatic heterocycles. The van der Waals surface area contributed by atoms with E-state index >= 15 is 0 Å². The molecule has 0 aliphatic heterocycles. The van der Waals surface area contributed by atoms with Crippen molar-refractivity contribution in [2.75, 3.05) is 13.1 Å². The van der Waals surface area contributed by atoms with Crippen LogP contribution in [0.4, 0.5) is 0 Å². The monoisotopic (exact) mass is 208 g/mol. The Balaban J connectivity index is 2.58. The summed E-state index contributed by atoms with van der Waals surface area (Å²) in [6.45, 7) is 3.67. The number of rotatable bonds is 5. The normalized spacial score (nSPS) is 10.5. The lowest BCUT2D eigenvalue weighted by atomic mass is 10.2. The first-order valence-corrected chi connectivity index (χ1v) is 4.90. The molecule has 0 heterocycles. The van der Waals surface area contributed by atoms with Gasteiger partial charge in [0.25, 0.3) is 0 Å². The Morgan fingerprint density at radius 1 is 1.40 bits per heavy atom. The number of phenolic OH excluding ortho intramolecular Hbond substituents is 1. The Hall–Kier alpha value is -1.55. The van der Waals surface area contributed by atoms with E-state index in [0.717, 1.165) is 12.1 Å². The number of carbonyl (C=O) groups is 1. The van der Waals surface area contributed by atoms with Gasteiger partial charge in [0.05, 0.1) is 6.54 Å². The van der Waals surface area contributed by atoms with Gasteiger partial charge in [-0.2, -0.15) is 0 Å². The first kappa shape index (κ1) is 11.5. The number of primary amides is 1. The Labute approximate surface area is 89.3 Å². The fraction of sp³-hybridized carbons (Fsp3) is 0.364. The Morgan fingerprint density at radius 2 is 2.00 bits per heavy atom. The molecule has 4 heteroatoms. The van der Waals surface area contributed by atoms with Crippen LogP contribution < -0.4 is 5.73 Å².